The van der Waals surface area contributed by atoms with Gasteiger partial charge in [-0.15, -0.1) is 0 Å². The minimum atomic E-state index is -0.265. The first-order chi connectivity index (χ1) is 12.3. The Kier molecular flexibility index (Phi) is 7.85. The maximum Gasteiger partial charge on any atom is 0.222 e. The number of morpholine rings is 1. The Morgan fingerprint density at radius 1 is 1.35 bits per heavy atom. The van der Waals surface area contributed by atoms with E-state index in [1.54, 1.807) is 6.07 Å². The molecular formula is C20H31FN2O3. The summed E-state index contributed by atoms with van der Waals surface area (Å²) >= 11 is 0. The van der Waals surface area contributed by atoms with E-state index < -0.39 is 0 Å². The molecule has 1 fully saturated rings. The van der Waals surface area contributed by atoms with Gasteiger partial charge in [0.25, 0.3) is 0 Å². The number of rotatable bonds is 8. The van der Waals surface area contributed by atoms with Crippen molar-refractivity contribution in [3.05, 3.63) is 29.6 Å². The lowest BCUT2D eigenvalue weighted by Crippen LogP contribution is -2.45. The maximum absolute atomic E-state index is 14.5. The van der Waals surface area contributed by atoms with E-state index in [0.29, 0.717) is 50.9 Å². The van der Waals surface area contributed by atoms with Gasteiger partial charge in [-0.3, -0.25) is 4.79 Å². The summed E-state index contributed by atoms with van der Waals surface area (Å²) in [7, 11) is 0. The topological polar surface area (TPSA) is 50.8 Å². The zero-order valence-corrected chi connectivity index (χ0v) is 16.3. The van der Waals surface area contributed by atoms with Gasteiger partial charge in [-0.25, -0.2) is 4.39 Å². The Balaban J connectivity index is 1.82. The molecule has 0 spiro atoms. The number of benzene rings is 1. The lowest BCUT2D eigenvalue weighted by atomic mass is 10.1. The average molecular weight is 366 g/mol. The maximum atomic E-state index is 14.5. The summed E-state index contributed by atoms with van der Waals surface area (Å²) in [5, 5.41) is 2.81. The summed E-state index contributed by atoms with van der Waals surface area (Å²) < 4.78 is 25.6. The molecule has 1 saturated heterocycles. The fraction of sp³-hybridized carbons (Fsp3) is 0.650. The highest BCUT2D eigenvalue weighted by Crippen LogP contribution is 2.24. The van der Waals surface area contributed by atoms with E-state index in [0.717, 1.165) is 5.56 Å². The number of ether oxygens (including phenoxy) is 2. The molecule has 0 bridgehead atoms. The molecular weight excluding hydrogens is 335 g/mol. The van der Waals surface area contributed by atoms with Crippen molar-refractivity contribution in [3.63, 3.8) is 0 Å². The van der Waals surface area contributed by atoms with E-state index in [4.69, 9.17) is 9.47 Å². The summed E-state index contributed by atoms with van der Waals surface area (Å²) in [6, 6.07) is 5.14. The Morgan fingerprint density at radius 2 is 2.04 bits per heavy atom. The Labute approximate surface area is 155 Å². The monoisotopic (exact) mass is 366 g/mol. The highest BCUT2D eigenvalue weighted by Gasteiger charge is 2.24. The minimum absolute atomic E-state index is 0.0787. The van der Waals surface area contributed by atoms with Crippen molar-refractivity contribution in [1.29, 1.82) is 0 Å². The number of carbonyl (C=O) groups excluding carboxylic acids is 1. The van der Waals surface area contributed by atoms with Crippen molar-refractivity contribution in [2.75, 3.05) is 31.2 Å². The largest absolute Gasteiger partial charge is 0.381 e. The van der Waals surface area contributed by atoms with Crippen LogP contribution in [0.5, 0.6) is 0 Å². The standard InChI is InChI=1S/C20H31FN2O3/c1-14(2)13-25-8-7-20(24)22-10-17-5-6-19(18(21)9-17)23-11-15(3)26-16(4)12-23/h5-6,9,14-16H,7-8,10-13H2,1-4H3,(H,22,24). The van der Waals surface area contributed by atoms with Crippen LogP contribution in [0.3, 0.4) is 0 Å². The van der Waals surface area contributed by atoms with E-state index in [2.05, 4.69) is 19.2 Å². The molecule has 1 heterocycles. The van der Waals surface area contributed by atoms with E-state index in [1.807, 2.05) is 24.8 Å². The lowest BCUT2D eigenvalue weighted by molar-refractivity contribution is -0.122. The highest BCUT2D eigenvalue weighted by molar-refractivity contribution is 5.75. The van der Waals surface area contributed by atoms with Gasteiger partial charge in [-0.1, -0.05) is 19.9 Å². The molecule has 0 radical (unpaired) electrons. The molecule has 6 heteroatoms. The van der Waals surface area contributed by atoms with Crippen LogP contribution in [0.1, 0.15) is 39.7 Å². The number of amides is 1. The fourth-order valence-corrected chi connectivity index (χ4v) is 3.06. The summed E-state index contributed by atoms with van der Waals surface area (Å²) in [6.07, 6.45) is 0.474. The van der Waals surface area contributed by atoms with Gasteiger partial charge in [0.1, 0.15) is 5.82 Å². The van der Waals surface area contributed by atoms with Gasteiger partial charge >= 0.3 is 0 Å². The van der Waals surface area contributed by atoms with Crippen LogP contribution >= 0.6 is 0 Å². The second-order valence-electron chi connectivity index (χ2n) is 7.44. The molecule has 5 nitrogen and oxygen atoms in total. The third kappa shape index (κ3) is 6.57. The average Bonchev–Trinajstić information content (AvgIpc) is 2.56. The quantitative estimate of drug-likeness (QED) is 0.718. The number of nitrogens with zero attached hydrogens (tertiary/aromatic N) is 1. The molecule has 2 unspecified atom stereocenters. The summed E-state index contributed by atoms with van der Waals surface area (Å²) in [5.74, 6) is 0.101. The number of anilines is 1. The Morgan fingerprint density at radius 3 is 2.65 bits per heavy atom. The molecule has 0 aliphatic carbocycles. The lowest BCUT2D eigenvalue weighted by Gasteiger charge is -2.37. The smallest absolute Gasteiger partial charge is 0.222 e. The van der Waals surface area contributed by atoms with Crippen molar-refractivity contribution in [3.8, 4) is 0 Å². The van der Waals surface area contributed by atoms with Gasteiger partial charge in [-0.2, -0.15) is 0 Å². The second kappa shape index (κ2) is 9.88. The van der Waals surface area contributed by atoms with Crippen LogP contribution in [0.2, 0.25) is 0 Å². The van der Waals surface area contributed by atoms with Gasteiger partial charge in [0.15, 0.2) is 0 Å². The van der Waals surface area contributed by atoms with Crippen molar-refractivity contribution in [1.82, 2.24) is 5.32 Å². The van der Waals surface area contributed by atoms with Crippen LogP contribution < -0.4 is 10.2 Å². The van der Waals surface area contributed by atoms with Gasteiger partial charge in [0.05, 0.1) is 24.5 Å². The number of hydrogen-bond donors (Lipinski definition) is 1. The second-order valence-corrected chi connectivity index (χ2v) is 7.44. The number of halogens is 1. The molecule has 2 rings (SSSR count). The highest BCUT2D eigenvalue weighted by atomic mass is 19.1. The molecule has 2 atom stereocenters. The number of hydrogen-bond acceptors (Lipinski definition) is 4. The van der Waals surface area contributed by atoms with Crippen LogP contribution in [-0.4, -0.2) is 44.4 Å². The zero-order chi connectivity index (χ0) is 19.1. The van der Waals surface area contributed by atoms with Gasteiger partial charge in [0.2, 0.25) is 5.91 Å². The van der Waals surface area contributed by atoms with Gasteiger partial charge < -0.3 is 19.7 Å². The van der Waals surface area contributed by atoms with E-state index in [-0.39, 0.29) is 23.9 Å². The molecule has 146 valence electrons. The van der Waals surface area contributed by atoms with Gasteiger partial charge in [-0.05, 0) is 37.5 Å². The van der Waals surface area contributed by atoms with Crippen molar-refractivity contribution >= 4 is 11.6 Å². The Hall–Kier alpha value is -1.66. The molecule has 0 aromatic heterocycles. The summed E-state index contributed by atoms with van der Waals surface area (Å²) in [6.45, 7) is 10.8. The van der Waals surface area contributed by atoms with E-state index >= 15 is 0 Å². The van der Waals surface area contributed by atoms with Gasteiger partial charge in [0, 0.05) is 32.7 Å². The number of nitrogens with one attached hydrogen (secondary N) is 1. The predicted molar refractivity (Wildman–Crippen MR) is 101 cm³/mol. The molecule has 26 heavy (non-hydrogen) atoms. The van der Waals surface area contributed by atoms with Crippen LogP contribution in [0.4, 0.5) is 10.1 Å². The molecule has 1 aromatic rings. The first-order valence-electron chi connectivity index (χ1n) is 9.38. The molecule has 1 N–H and O–H groups in total. The Bertz CT molecular complexity index is 584. The van der Waals surface area contributed by atoms with E-state index in [1.165, 1.54) is 6.07 Å². The molecule has 1 aromatic carbocycles. The van der Waals surface area contributed by atoms with Crippen molar-refractivity contribution < 1.29 is 18.7 Å². The third-order valence-electron chi connectivity index (χ3n) is 4.19. The normalized spacial score (nSPS) is 20.5. The molecule has 1 aliphatic heterocycles. The fourth-order valence-electron chi connectivity index (χ4n) is 3.06. The zero-order valence-electron chi connectivity index (χ0n) is 16.3. The molecule has 1 aliphatic rings. The van der Waals surface area contributed by atoms with Crippen molar-refractivity contribution in [2.45, 2.75) is 52.9 Å². The van der Waals surface area contributed by atoms with Crippen LogP contribution in [0.25, 0.3) is 0 Å². The number of carbonyl (C=O) groups is 1. The summed E-state index contributed by atoms with van der Waals surface area (Å²) in [4.78, 5) is 13.8. The SMILES string of the molecule is CC(C)COCCC(=O)NCc1ccc(N2CC(C)OC(C)C2)c(F)c1. The molecule has 0 saturated carbocycles. The van der Waals surface area contributed by atoms with Crippen LogP contribution in [0, 0.1) is 11.7 Å². The first kappa shape index (κ1) is 20.6. The summed E-state index contributed by atoms with van der Waals surface area (Å²) in [5.41, 5.74) is 1.33. The molecule has 1 amide bonds. The van der Waals surface area contributed by atoms with Crippen molar-refractivity contribution in [2.24, 2.45) is 5.92 Å². The van der Waals surface area contributed by atoms with Crippen LogP contribution in [-0.2, 0) is 20.8 Å². The third-order valence-corrected chi connectivity index (χ3v) is 4.19. The van der Waals surface area contributed by atoms with E-state index in [9.17, 15) is 9.18 Å². The minimum Gasteiger partial charge on any atom is -0.381 e. The first-order valence-corrected chi connectivity index (χ1v) is 9.38. The van der Waals surface area contributed by atoms with Crippen LogP contribution in [0.15, 0.2) is 18.2 Å². The predicted octanol–water partition coefficient (Wildman–Crippen LogP) is 3.12.